The van der Waals surface area contributed by atoms with Gasteiger partial charge in [0, 0.05) is 18.0 Å². The Balaban J connectivity index is 1.68. The molecule has 3 rings (SSSR count). The number of carbonyl (C=O) groups is 2. The number of rotatable bonds is 4. The third-order valence-electron chi connectivity index (χ3n) is 4.60. The summed E-state index contributed by atoms with van der Waals surface area (Å²) in [5.41, 5.74) is 3.96. The van der Waals surface area contributed by atoms with Gasteiger partial charge in [-0.3, -0.25) is 9.69 Å². The Morgan fingerprint density at radius 2 is 1.96 bits per heavy atom. The maximum Gasteiger partial charge on any atom is 0.341 e. The largest absolute Gasteiger partial charge is 0.465 e. The number of thiophene rings is 1. The second-order valence-corrected chi connectivity index (χ2v) is 7.48. The highest BCUT2D eigenvalue weighted by Crippen LogP contribution is 2.33. The van der Waals surface area contributed by atoms with Crippen molar-refractivity contribution in [1.82, 2.24) is 4.90 Å². The predicted octanol–water partition coefficient (Wildman–Crippen LogP) is 3.15. The maximum absolute atomic E-state index is 12.5. The third kappa shape index (κ3) is 3.75. The lowest BCUT2D eigenvalue weighted by Crippen LogP contribution is -2.37. The first-order valence-corrected chi connectivity index (χ1v) is 9.08. The lowest BCUT2D eigenvalue weighted by Gasteiger charge is -2.28. The molecule has 1 aromatic carbocycles. The number of hydrogen-bond donors (Lipinski definition) is 1. The van der Waals surface area contributed by atoms with Gasteiger partial charge < -0.3 is 10.1 Å². The second kappa shape index (κ2) is 7.37. The summed E-state index contributed by atoms with van der Waals surface area (Å²) in [6, 6.07) is 8.34. The molecule has 1 aliphatic rings. The molecule has 5 nitrogen and oxygen atoms in total. The molecule has 1 N–H and O–H groups in total. The highest BCUT2D eigenvalue weighted by Gasteiger charge is 2.23. The van der Waals surface area contributed by atoms with Crippen LogP contribution in [0.25, 0.3) is 0 Å². The van der Waals surface area contributed by atoms with Crippen LogP contribution in [0.5, 0.6) is 0 Å². The summed E-state index contributed by atoms with van der Waals surface area (Å²) in [6.07, 6.45) is 0.952. The molecule has 1 aliphatic heterocycles. The molecule has 6 heteroatoms. The van der Waals surface area contributed by atoms with Crippen molar-refractivity contribution >= 4 is 28.2 Å². The lowest BCUT2D eigenvalue weighted by atomic mass is 10.00. The van der Waals surface area contributed by atoms with Gasteiger partial charge in [-0.05, 0) is 37.0 Å². The number of anilines is 1. The minimum atomic E-state index is -0.413. The Hall–Kier alpha value is -2.18. The van der Waals surface area contributed by atoms with E-state index in [-0.39, 0.29) is 5.91 Å². The van der Waals surface area contributed by atoms with Gasteiger partial charge in [-0.15, -0.1) is 11.3 Å². The van der Waals surface area contributed by atoms with Crippen molar-refractivity contribution in [2.75, 3.05) is 25.5 Å². The molecule has 1 aromatic heterocycles. The van der Waals surface area contributed by atoms with Gasteiger partial charge in [0.2, 0.25) is 5.91 Å². The van der Waals surface area contributed by atoms with Gasteiger partial charge in [-0.25, -0.2) is 4.79 Å². The molecule has 25 heavy (non-hydrogen) atoms. The average Bonchev–Trinajstić information content (AvgIpc) is 2.87. The fourth-order valence-electron chi connectivity index (χ4n) is 3.12. The van der Waals surface area contributed by atoms with E-state index in [1.54, 1.807) is 0 Å². The van der Waals surface area contributed by atoms with Gasteiger partial charge in [0.05, 0.1) is 19.2 Å². The number of carbonyl (C=O) groups excluding carboxylic acids is 2. The number of nitrogens with zero attached hydrogens (tertiary/aromatic N) is 1. The number of hydrogen-bond acceptors (Lipinski definition) is 5. The first-order valence-electron chi connectivity index (χ1n) is 8.27. The van der Waals surface area contributed by atoms with Crippen LogP contribution in [-0.4, -0.2) is 37.0 Å². The van der Waals surface area contributed by atoms with Gasteiger partial charge in [0.25, 0.3) is 0 Å². The van der Waals surface area contributed by atoms with E-state index in [1.165, 1.54) is 29.6 Å². The number of fused-ring (bicyclic) bond motifs is 1. The summed E-state index contributed by atoms with van der Waals surface area (Å²) in [7, 11) is 1.35. The number of aryl methyl sites for hydroxylation is 1. The van der Waals surface area contributed by atoms with E-state index in [9.17, 15) is 9.59 Å². The first kappa shape index (κ1) is 17.6. The molecule has 0 saturated heterocycles. The Bertz CT molecular complexity index is 813. The Morgan fingerprint density at radius 1 is 1.24 bits per heavy atom. The predicted molar refractivity (Wildman–Crippen MR) is 99.2 cm³/mol. The maximum atomic E-state index is 12.5. The molecular formula is C19H22N2O3S. The number of ether oxygens (including phenoxy) is 1. The molecule has 0 radical (unpaired) electrons. The number of nitrogens with one attached hydrogen (secondary N) is 1. The standard InChI is InChI=1S/C19H22N2O3S/c1-12-13(2)25-18(17(12)19(23)24-3)20-16(22)11-21-9-8-14-6-4-5-7-15(14)10-21/h4-7H,8-11H2,1-3H3,(H,20,22). The molecule has 2 aromatic rings. The van der Waals surface area contributed by atoms with Crippen LogP contribution >= 0.6 is 11.3 Å². The van der Waals surface area contributed by atoms with Crippen molar-refractivity contribution in [2.45, 2.75) is 26.8 Å². The van der Waals surface area contributed by atoms with Crippen LogP contribution in [0.15, 0.2) is 24.3 Å². The normalized spacial score (nSPS) is 14.0. The number of esters is 1. The number of amides is 1. The van der Waals surface area contributed by atoms with Crippen LogP contribution in [0.4, 0.5) is 5.00 Å². The minimum absolute atomic E-state index is 0.106. The third-order valence-corrected chi connectivity index (χ3v) is 5.73. The number of methoxy groups -OCH3 is 1. The van der Waals surface area contributed by atoms with E-state index in [2.05, 4.69) is 28.4 Å². The van der Waals surface area contributed by atoms with E-state index < -0.39 is 5.97 Å². The van der Waals surface area contributed by atoms with E-state index in [0.717, 1.165) is 30.0 Å². The molecule has 132 valence electrons. The smallest absolute Gasteiger partial charge is 0.341 e. The summed E-state index contributed by atoms with van der Waals surface area (Å²) < 4.78 is 4.85. The average molecular weight is 358 g/mol. The van der Waals surface area contributed by atoms with Crippen LogP contribution in [-0.2, 0) is 22.5 Å². The topological polar surface area (TPSA) is 58.6 Å². The fraction of sp³-hybridized carbons (Fsp3) is 0.368. The zero-order chi connectivity index (χ0) is 18.0. The van der Waals surface area contributed by atoms with E-state index in [4.69, 9.17) is 4.74 Å². The highest BCUT2D eigenvalue weighted by molar-refractivity contribution is 7.16. The van der Waals surface area contributed by atoms with Crippen molar-refractivity contribution in [3.05, 3.63) is 51.4 Å². The molecule has 0 saturated carbocycles. The molecule has 0 aliphatic carbocycles. The highest BCUT2D eigenvalue weighted by atomic mass is 32.1. The molecule has 0 atom stereocenters. The molecular weight excluding hydrogens is 336 g/mol. The first-order chi connectivity index (χ1) is 12.0. The molecule has 0 bridgehead atoms. The van der Waals surface area contributed by atoms with E-state index in [1.807, 2.05) is 19.9 Å². The van der Waals surface area contributed by atoms with Gasteiger partial charge in [-0.2, -0.15) is 0 Å². The van der Waals surface area contributed by atoms with Crippen molar-refractivity contribution in [2.24, 2.45) is 0 Å². The SMILES string of the molecule is COC(=O)c1c(NC(=O)CN2CCc3ccccc3C2)sc(C)c1C. The van der Waals surface area contributed by atoms with Crippen molar-refractivity contribution in [1.29, 1.82) is 0 Å². The van der Waals surface area contributed by atoms with E-state index in [0.29, 0.717) is 17.1 Å². The summed E-state index contributed by atoms with van der Waals surface area (Å²) in [4.78, 5) is 27.6. The molecule has 0 unspecified atom stereocenters. The molecule has 1 amide bonds. The van der Waals surface area contributed by atoms with Gasteiger partial charge in [-0.1, -0.05) is 24.3 Å². The summed E-state index contributed by atoms with van der Waals surface area (Å²) in [6.45, 7) is 5.75. The van der Waals surface area contributed by atoms with Crippen LogP contribution in [0, 0.1) is 13.8 Å². The molecule has 2 heterocycles. The summed E-state index contributed by atoms with van der Waals surface area (Å²) >= 11 is 1.41. The quantitative estimate of drug-likeness (QED) is 0.853. The van der Waals surface area contributed by atoms with Crippen LogP contribution < -0.4 is 5.32 Å². The Morgan fingerprint density at radius 3 is 2.68 bits per heavy atom. The zero-order valence-electron chi connectivity index (χ0n) is 14.7. The molecule has 0 spiro atoms. The van der Waals surface area contributed by atoms with Crippen LogP contribution in [0.2, 0.25) is 0 Å². The van der Waals surface area contributed by atoms with Crippen molar-refractivity contribution in [3.63, 3.8) is 0 Å². The van der Waals surface area contributed by atoms with Gasteiger partial charge in [0.1, 0.15) is 5.00 Å². The fourth-order valence-corrected chi connectivity index (χ4v) is 4.19. The monoisotopic (exact) mass is 358 g/mol. The number of benzene rings is 1. The summed E-state index contributed by atoms with van der Waals surface area (Å²) in [5, 5.41) is 3.47. The van der Waals surface area contributed by atoms with Crippen molar-refractivity contribution in [3.8, 4) is 0 Å². The lowest BCUT2D eigenvalue weighted by molar-refractivity contribution is -0.117. The Labute approximate surface area is 151 Å². The van der Waals surface area contributed by atoms with Crippen LogP contribution in [0.3, 0.4) is 0 Å². The minimum Gasteiger partial charge on any atom is -0.465 e. The van der Waals surface area contributed by atoms with Gasteiger partial charge in [0.15, 0.2) is 0 Å². The van der Waals surface area contributed by atoms with Crippen molar-refractivity contribution < 1.29 is 14.3 Å². The molecule has 0 fully saturated rings. The Kier molecular flexibility index (Phi) is 5.20. The van der Waals surface area contributed by atoms with E-state index >= 15 is 0 Å². The van der Waals surface area contributed by atoms with Gasteiger partial charge >= 0.3 is 5.97 Å². The summed E-state index contributed by atoms with van der Waals surface area (Å²) in [5.74, 6) is -0.519. The second-order valence-electron chi connectivity index (χ2n) is 6.26. The van der Waals surface area contributed by atoms with Crippen LogP contribution in [0.1, 0.15) is 31.9 Å². The zero-order valence-corrected chi connectivity index (χ0v) is 15.5.